The number of esters is 1. The molecule has 5 rings (SSSR count). The van der Waals surface area contributed by atoms with Crippen LogP contribution in [0, 0.1) is 0 Å². The molecular formula is C32H30N4O9. The summed E-state index contributed by atoms with van der Waals surface area (Å²) in [6, 6.07) is 20.8. The number of nitrogens with zero attached hydrogens (tertiary/aromatic N) is 2. The number of ether oxygens (including phenoxy) is 2. The molecule has 0 spiro atoms. The highest BCUT2D eigenvalue weighted by Crippen LogP contribution is 2.33. The lowest BCUT2D eigenvalue weighted by atomic mass is 10.1. The molecule has 0 unspecified atom stereocenters. The minimum Gasteiger partial charge on any atom is -0.433 e. The molecule has 2 heterocycles. The number of para-hydroxylation sites is 2. The van der Waals surface area contributed by atoms with Crippen molar-refractivity contribution in [3.63, 3.8) is 0 Å². The van der Waals surface area contributed by atoms with Gasteiger partial charge < -0.3 is 30.1 Å². The molecule has 1 saturated heterocycles. The predicted molar refractivity (Wildman–Crippen MR) is 159 cm³/mol. The van der Waals surface area contributed by atoms with E-state index in [-0.39, 0.29) is 30.0 Å². The maximum absolute atomic E-state index is 13.9. The van der Waals surface area contributed by atoms with Gasteiger partial charge in [-0.2, -0.15) is 0 Å². The Morgan fingerprint density at radius 1 is 0.867 bits per heavy atom. The SMILES string of the molecule is O=C(CN1C(=O)[C@@H](NC(=O)C(=O)c2ccccc2)CN(C(=O)CO)c2ccccc21)N[C@H]1CC(=O)O[C@H]1OCc1ccccc1. The number of aliphatic hydroxyl groups is 1. The van der Waals surface area contributed by atoms with Gasteiger partial charge in [-0.15, -0.1) is 0 Å². The smallest absolute Gasteiger partial charge is 0.310 e. The Morgan fingerprint density at radius 3 is 2.20 bits per heavy atom. The fourth-order valence-corrected chi connectivity index (χ4v) is 5.08. The Morgan fingerprint density at radius 2 is 1.51 bits per heavy atom. The standard InChI is InChI=1S/C32H30N4O9/c37-18-27(39)35-16-23(34-30(42)29(41)21-11-5-2-6-12-21)31(43)36(25-14-8-7-13-24(25)35)17-26(38)33-22-15-28(40)45-32(22)44-19-20-9-3-1-4-10-20/h1-14,22-23,32,37H,15-19H2,(H,33,38)(H,34,42)/t22-,23-,32+/m0/s1. The van der Waals surface area contributed by atoms with Gasteiger partial charge in [0, 0.05) is 5.56 Å². The summed E-state index contributed by atoms with van der Waals surface area (Å²) >= 11 is 0. The van der Waals surface area contributed by atoms with Crippen LogP contribution in [0.5, 0.6) is 0 Å². The number of ketones is 1. The van der Waals surface area contributed by atoms with E-state index < -0.39 is 73.5 Å². The highest BCUT2D eigenvalue weighted by atomic mass is 16.7. The minimum atomic E-state index is -1.46. The number of rotatable bonds is 10. The zero-order chi connectivity index (χ0) is 31.9. The van der Waals surface area contributed by atoms with Crippen molar-refractivity contribution in [1.82, 2.24) is 10.6 Å². The second kappa shape index (κ2) is 13.9. The fraction of sp³-hybridized carbons (Fsp3) is 0.250. The number of anilines is 2. The number of carbonyl (C=O) groups excluding carboxylic acids is 6. The fourth-order valence-electron chi connectivity index (χ4n) is 5.08. The number of fused-ring (bicyclic) bond motifs is 1. The summed E-state index contributed by atoms with van der Waals surface area (Å²) in [5, 5.41) is 14.8. The van der Waals surface area contributed by atoms with Gasteiger partial charge in [0.05, 0.1) is 30.9 Å². The molecule has 0 saturated carbocycles. The number of cyclic esters (lactones) is 1. The van der Waals surface area contributed by atoms with Crippen molar-refractivity contribution in [2.24, 2.45) is 0 Å². The van der Waals surface area contributed by atoms with Crippen LogP contribution in [-0.2, 0) is 40.1 Å². The normalized spacial score (nSPS) is 19.3. The second-order valence-electron chi connectivity index (χ2n) is 10.3. The van der Waals surface area contributed by atoms with E-state index >= 15 is 0 Å². The molecule has 0 aliphatic carbocycles. The molecule has 0 bridgehead atoms. The van der Waals surface area contributed by atoms with Crippen molar-refractivity contribution in [3.05, 3.63) is 96.1 Å². The number of benzene rings is 3. The van der Waals surface area contributed by atoms with Crippen molar-refractivity contribution in [3.8, 4) is 0 Å². The third-order valence-corrected chi connectivity index (χ3v) is 7.24. The molecule has 13 heteroatoms. The minimum absolute atomic E-state index is 0.0937. The zero-order valence-corrected chi connectivity index (χ0v) is 24.0. The molecular weight excluding hydrogens is 584 g/mol. The Bertz CT molecular complexity index is 1600. The van der Waals surface area contributed by atoms with Crippen LogP contribution in [0.15, 0.2) is 84.9 Å². The van der Waals surface area contributed by atoms with Gasteiger partial charge in [-0.3, -0.25) is 33.7 Å². The van der Waals surface area contributed by atoms with E-state index in [1.807, 2.05) is 30.3 Å². The van der Waals surface area contributed by atoms with E-state index in [0.29, 0.717) is 0 Å². The van der Waals surface area contributed by atoms with E-state index in [4.69, 9.17) is 9.47 Å². The summed E-state index contributed by atoms with van der Waals surface area (Å²) in [6.07, 6.45) is -1.23. The third-order valence-electron chi connectivity index (χ3n) is 7.24. The van der Waals surface area contributed by atoms with Crippen molar-refractivity contribution in [2.75, 3.05) is 29.5 Å². The molecule has 232 valence electrons. The monoisotopic (exact) mass is 614 g/mol. The lowest BCUT2D eigenvalue weighted by Crippen LogP contribution is -2.56. The molecule has 2 aliphatic heterocycles. The van der Waals surface area contributed by atoms with Gasteiger partial charge >= 0.3 is 5.97 Å². The van der Waals surface area contributed by atoms with E-state index in [1.165, 1.54) is 24.3 Å². The van der Waals surface area contributed by atoms with Crippen molar-refractivity contribution in [2.45, 2.75) is 31.4 Å². The summed E-state index contributed by atoms with van der Waals surface area (Å²) in [6.45, 7) is -1.76. The molecule has 3 N–H and O–H groups in total. The first-order valence-corrected chi connectivity index (χ1v) is 14.1. The van der Waals surface area contributed by atoms with Crippen LogP contribution >= 0.6 is 0 Å². The van der Waals surface area contributed by atoms with E-state index in [2.05, 4.69) is 10.6 Å². The zero-order valence-electron chi connectivity index (χ0n) is 24.0. The highest BCUT2D eigenvalue weighted by Gasteiger charge is 2.40. The van der Waals surface area contributed by atoms with Crippen molar-refractivity contribution < 1.29 is 43.3 Å². The molecule has 13 nitrogen and oxygen atoms in total. The Hall–Kier alpha value is -5.40. The van der Waals surface area contributed by atoms with Gasteiger partial charge in [-0.1, -0.05) is 72.8 Å². The average Bonchev–Trinajstić information content (AvgIpc) is 3.37. The van der Waals surface area contributed by atoms with Crippen LogP contribution < -0.4 is 20.4 Å². The van der Waals surface area contributed by atoms with Gasteiger partial charge in [0.25, 0.3) is 17.7 Å². The van der Waals surface area contributed by atoms with Crippen molar-refractivity contribution >= 4 is 46.8 Å². The molecule has 4 amide bonds. The number of Topliss-reactive ketones (excluding diaryl/α,β-unsaturated/α-hetero) is 1. The van der Waals surface area contributed by atoms with Crippen LogP contribution in [0.3, 0.4) is 0 Å². The van der Waals surface area contributed by atoms with Gasteiger partial charge in [-0.25, -0.2) is 0 Å². The Balaban J connectivity index is 1.36. The summed E-state index contributed by atoms with van der Waals surface area (Å²) in [7, 11) is 0. The summed E-state index contributed by atoms with van der Waals surface area (Å²) in [5.41, 5.74) is 1.28. The summed E-state index contributed by atoms with van der Waals surface area (Å²) in [5.74, 6) is -4.79. The van der Waals surface area contributed by atoms with Gasteiger partial charge in [0.2, 0.25) is 18.0 Å². The molecule has 3 atom stereocenters. The quantitative estimate of drug-likeness (QED) is 0.169. The maximum Gasteiger partial charge on any atom is 0.310 e. The lowest BCUT2D eigenvalue weighted by molar-refractivity contribution is -0.168. The number of hydrogen-bond donors (Lipinski definition) is 3. The van der Waals surface area contributed by atoms with Crippen LogP contribution in [0.4, 0.5) is 11.4 Å². The largest absolute Gasteiger partial charge is 0.433 e. The van der Waals surface area contributed by atoms with E-state index in [9.17, 15) is 33.9 Å². The molecule has 0 aromatic heterocycles. The number of carbonyl (C=O) groups is 6. The van der Waals surface area contributed by atoms with Crippen LogP contribution in [0.1, 0.15) is 22.3 Å². The van der Waals surface area contributed by atoms with E-state index in [0.717, 1.165) is 15.4 Å². The van der Waals surface area contributed by atoms with Gasteiger partial charge in [0.1, 0.15) is 25.2 Å². The first-order chi connectivity index (χ1) is 21.7. The van der Waals surface area contributed by atoms with E-state index in [1.54, 1.807) is 30.3 Å². The topological polar surface area (TPSA) is 172 Å². The third kappa shape index (κ3) is 7.22. The molecule has 2 aliphatic rings. The predicted octanol–water partition coefficient (Wildman–Crippen LogP) is 0.701. The van der Waals surface area contributed by atoms with Crippen molar-refractivity contribution in [1.29, 1.82) is 0 Å². The Kier molecular flexibility index (Phi) is 9.61. The number of nitrogens with one attached hydrogen (secondary N) is 2. The molecule has 45 heavy (non-hydrogen) atoms. The first-order valence-electron chi connectivity index (χ1n) is 14.1. The number of aliphatic hydroxyl groups excluding tert-OH is 1. The highest BCUT2D eigenvalue weighted by molar-refractivity contribution is 6.43. The molecule has 1 fully saturated rings. The second-order valence-corrected chi connectivity index (χ2v) is 10.3. The maximum atomic E-state index is 13.9. The van der Waals surface area contributed by atoms with Crippen LogP contribution in [0.25, 0.3) is 0 Å². The molecule has 3 aromatic rings. The number of hydrogen-bond acceptors (Lipinski definition) is 9. The first kappa shape index (κ1) is 31.0. The van der Waals surface area contributed by atoms with Crippen LogP contribution in [0.2, 0.25) is 0 Å². The Labute approximate surface area is 257 Å². The molecule has 0 radical (unpaired) electrons. The number of amides is 4. The summed E-state index contributed by atoms with van der Waals surface area (Å²) < 4.78 is 11.0. The van der Waals surface area contributed by atoms with Gasteiger partial charge in [-0.05, 0) is 17.7 Å². The molecule has 3 aromatic carbocycles. The van der Waals surface area contributed by atoms with Crippen LogP contribution in [-0.4, -0.2) is 78.6 Å². The summed E-state index contributed by atoms with van der Waals surface area (Å²) in [4.78, 5) is 80.1. The van der Waals surface area contributed by atoms with Gasteiger partial charge in [0.15, 0.2) is 0 Å². The lowest BCUT2D eigenvalue weighted by Gasteiger charge is -2.26. The average molecular weight is 615 g/mol.